The normalized spacial score (nSPS) is 11.1. The molecular formula is C10H14N4. The zero-order chi connectivity index (χ0) is 10.6. The van der Waals surface area contributed by atoms with Gasteiger partial charge >= 0.3 is 0 Å². The number of aryl methyl sites for hydroxylation is 1. The van der Waals surface area contributed by atoms with Crippen LogP contribution in [0.15, 0.2) is 18.5 Å². The van der Waals surface area contributed by atoms with Gasteiger partial charge in [-0.2, -0.15) is 10.4 Å². The molecule has 4 heteroatoms. The summed E-state index contributed by atoms with van der Waals surface area (Å²) in [5.41, 5.74) is 1.50. The fourth-order valence-corrected chi connectivity index (χ4v) is 1.22. The highest BCUT2D eigenvalue weighted by Crippen LogP contribution is 2.12. The molecule has 1 rings (SSSR count). The molecule has 1 aromatic rings. The van der Waals surface area contributed by atoms with E-state index < -0.39 is 0 Å². The molecule has 0 aliphatic heterocycles. The van der Waals surface area contributed by atoms with E-state index in [0.717, 1.165) is 12.2 Å². The van der Waals surface area contributed by atoms with Crippen LogP contribution < -0.4 is 0 Å². The average molecular weight is 190 g/mol. The molecule has 1 aromatic heterocycles. The average Bonchev–Trinajstić information content (AvgIpc) is 2.61. The van der Waals surface area contributed by atoms with Crippen LogP contribution in [0.5, 0.6) is 0 Å². The molecule has 74 valence electrons. The number of nitrogens with zero attached hydrogens (tertiary/aromatic N) is 4. The Kier molecular flexibility index (Phi) is 3.29. The highest BCUT2D eigenvalue weighted by atomic mass is 15.3. The summed E-state index contributed by atoms with van der Waals surface area (Å²) in [7, 11) is 3.79. The summed E-state index contributed by atoms with van der Waals surface area (Å²) in [5, 5.41) is 13.1. The minimum absolute atomic E-state index is 0.634. The number of rotatable bonds is 3. The minimum atomic E-state index is 0.634. The largest absolute Gasteiger partial charge is 0.382 e. The first-order valence-corrected chi connectivity index (χ1v) is 4.49. The maximum absolute atomic E-state index is 8.98. The molecule has 0 spiro atoms. The van der Waals surface area contributed by atoms with E-state index in [9.17, 15) is 0 Å². The van der Waals surface area contributed by atoms with Crippen LogP contribution in [0, 0.1) is 11.3 Å². The van der Waals surface area contributed by atoms with Crippen LogP contribution in [-0.2, 0) is 6.54 Å². The Morgan fingerprint density at radius 1 is 1.71 bits per heavy atom. The summed E-state index contributed by atoms with van der Waals surface area (Å²) in [5.74, 6) is 0. The molecule has 4 nitrogen and oxygen atoms in total. The van der Waals surface area contributed by atoms with Crippen molar-refractivity contribution in [2.75, 3.05) is 14.1 Å². The van der Waals surface area contributed by atoms with Crippen molar-refractivity contribution in [2.45, 2.75) is 13.5 Å². The van der Waals surface area contributed by atoms with E-state index in [1.807, 2.05) is 32.0 Å². The lowest BCUT2D eigenvalue weighted by Crippen LogP contribution is -2.06. The fourth-order valence-electron chi connectivity index (χ4n) is 1.22. The molecule has 0 saturated carbocycles. The van der Waals surface area contributed by atoms with Gasteiger partial charge in [0.2, 0.25) is 0 Å². The minimum Gasteiger partial charge on any atom is -0.382 e. The Morgan fingerprint density at radius 2 is 2.43 bits per heavy atom. The molecule has 14 heavy (non-hydrogen) atoms. The van der Waals surface area contributed by atoms with Crippen molar-refractivity contribution < 1.29 is 0 Å². The van der Waals surface area contributed by atoms with E-state index in [0.29, 0.717) is 5.57 Å². The third kappa shape index (κ3) is 2.13. The van der Waals surface area contributed by atoms with E-state index in [4.69, 9.17) is 5.26 Å². The maximum Gasteiger partial charge on any atom is 0.103 e. The first-order chi connectivity index (χ1) is 6.69. The topological polar surface area (TPSA) is 44.9 Å². The van der Waals surface area contributed by atoms with E-state index in [2.05, 4.69) is 11.2 Å². The summed E-state index contributed by atoms with van der Waals surface area (Å²) >= 11 is 0. The van der Waals surface area contributed by atoms with Gasteiger partial charge in [0.1, 0.15) is 6.07 Å². The number of hydrogen-bond acceptors (Lipinski definition) is 3. The highest BCUT2D eigenvalue weighted by Gasteiger charge is 2.06. The highest BCUT2D eigenvalue weighted by molar-refractivity contribution is 5.74. The summed E-state index contributed by atoms with van der Waals surface area (Å²) < 4.78 is 1.80. The SMILES string of the molecule is CCn1nccc1/C(C#N)=C\N(C)C. The van der Waals surface area contributed by atoms with Gasteiger partial charge in [0.15, 0.2) is 0 Å². The van der Waals surface area contributed by atoms with Crippen LogP contribution in [0.1, 0.15) is 12.6 Å². The van der Waals surface area contributed by atoms with Crippen molar-refractivity contribution in [1.29, 1.82) is 5.26 Å². The van der Waals surface area contributed by atoms with Crippen molar-refractivity contribution in [3.63, 3.8) is 0 Å². The summed E-state index contributed by atoms with van der Waals surface area (Å²) in [6, 6.07) is 4.02. The first-order valence-electron chi connectivity index (χ1n) is 4.49. The standard InChI is InChI=1S/C10H14N4/c1-4-14-10(5-6-12-14)9(7-11)8-13(2)3/h5-6,8H,4H2,1-3H3/b9-8-. The zero-order valence-electron chi connectivity index (χ0n) is 8.73. The smallest absolute Gasteiger partial charge is 0.103 e. The third-order valence-electron chi connectivity index (χ3n) is 1.80. The Morgan fingerprint density at radius 3 is 2.93 bits per heavy atom. The van der Waals surface area contributed by atoms with Gasteiger partial charge in [0.25, 0.3) is 0 Å². The molecule has 0 fully saturated rings. The van der Waals surface area contributed by atoms with E-state index >= 15 is 0 Å². The summed E-state index contributed by atoms with van der Waals surface area (Å²) in [6.45, 7) is 2.77. The predicted octanol–water partition coefficient (Wildman–Crippen LogP) is 1.33. The lowest BCUT2D eigenvalue weighted by Gasteiger charge is -2.07. The molecule has 1 heterocycles. The van der Waals surface area contributed by atoms with Crippen LogP contribution in [0.25, 0.3) is 5.57 Å². The molecule has 0 aromatic carbocycles. The van der Waals surface area contributed by atoms with Crippen LogP contribution >= 0.6 is 0 Å². The second-order valence-corrected chi connectivity index (χ2v) is 3.15. The number of nitriles is 1. The second-order valence-electron chi connectivity index (χ2n) is 3.15. The quantitative estimate of drug-likeness (QED) is 0.675. The zero-order valence-corrected chi connectivity index (χ0v) is 8.73. The van der Waals surface area contributed by atoms with Crippen molar-refractivity contribution >= 4 is 5.57 Å². The van der Waals surface area contributed by atoms with Crippen molar-refractivity contribution in [3.05, 3.63) is 24.2 Å². The summed E-state index contributed by atoms with van der Waals surface area (Å²) in [6.07, 6.45) is 3.50. The molecule has 0 aliphatic carbocycles. The summed E-state index contributed by atoms with van der Waals surface area (Å²) in [4.78, 5) is 1.85. The fraction of sp³-hybridized carbons (Fsp3) is 0.400. The molecule has 0 bridgehead atoms. The monoisotopic (exact) mass is 190 g/mol. The van der Waals surface area contributed by atoms with Crippen LogP contribution in [0.4, 0.5) is 0 Å². The van der Waals surface area contributed by atoms with Crippen LogP contribution in [0.2, 0.25) is 0 Å². The molecule has 0 N–H and O–H groups in total. The van der Waals surface area contributed by atoms with Gasteiger partial charge in [-0.05, 0) is 13.0 Å². The number of allylic oxidation sites excluding steroid dienone is 1. The van der Waals surface area contributed by atoms with Gasteiger partial charge in [-0.15, -0.1) is 0 Å². The van der Waals surface area contributed by atoms with Gasteiger partial charge in [0, 0.05) is 33.0 Å². The van der Waals surface area contributed by atoms with Crippen LogP contribution in [0.3, 0.4) is 0 Å². The molecule has 0 saturated heterocycles. The van der Waals surface area contributed by atoms with Crippen molar-refractivity contribution in [3.8, 4) is 6.07 Å². The van der Waals surface area contributed by atoms with Gasteiger partial charge in [-0.25, -0.2) is 0 Å². The van der Waals surface area contributed by atoms with Gasteiger partial charge in [0.05, 0.1) is 11.3 Å². The maximum atomic E-state index is 8.98. The van der Waals surface area contributed by atoms with Gasteiger partial charge in [-0.3, -0.25) is 4.68 Å². The van der Waals surface area contributed by atoms with Crippen molar-refractivity contribution in [2.24, 2.45) is 0 Å². The number of hydrogen-bond donors (Lipinski definition) is 0. The lowest BCUT2D eigenvalue weighted by atomic mass is 10.2. The van der Waals surface area contributed by atoms with Crippen molar-refractivity contribution in [1.82, 2.24) is 14.7 Å². The third-order valence-corrected chi connectivity index (χ3v) is 1.80. The van der Waals surface area contributed by atoms with Gasteiger partial charge < -0.3 is 4.90 Å². The Balaban J connectivity index is 3.08. The molecule has 0 amide bonds. The van der Waals surface area contributed by atoms with E-state index in [1.54, 1.807) is 17.1 Å². The Labute approximate surface area is 84.1 Å². The Bertz CT molecular complexity index is 368. The predicted molar refractivity (Wildman–Crippen MR) is 55.2 cm³/mol. The first kappa shape index (κ1) is 10.3. The molecular weight excluding hydrogens is 176 g/mol. The molecule has 0 atom stereocenters. The Hall–Kier alpha value is -1.76. The molecule has 0 radical (unpaired) electrons. The number of aromatic nitrogens is 2. The lowest BCUT2D eigenvalue weighted by molar-refractivity contribution is 0.564. The van der Waals surface area contributed by atoms with E-state index in [1.165, 1.54) is 0 Å². The van der Waals surface area contributed by atoms with Crippen LogP contribution in [-0.4, -0.2) is 28.8 Å². The molecule has 0 unspecified atom stereocenters. The van der Waals surface area contributed by atoms with Gasteiger partial charge in [-0.1, -0.05) is 0 Å². The molecule has 0 aliphatic rings. The van der Waals surface area contributed by atoms with E-state index in [-0.39, 0.29) is 0 Å². The second kappa shape index (κ2) is 4.47.